The number of aryl methyl sites for hydroxylation is 1. The Kier molecular flexibility index (Phi) is 11.7. The highest BCUT2D eigenvalue weighted by Crippen LogP contribution is 2.41. The summed E-state index contributed by atoms with van der Waals surface area (Å²) in [5, 5.41) is 49.1. The molecule has 0 bridgehead atoms. The van der Waals surface area contributed by atoms with E-state index in [4.69, 9.17) is 28.3 Å². The minimum Gasteiger partial charge on any atom is -0.394 e. The molecule has 1 amide bonds. The number of thioether (sulfide) groups is 1. The van der Waals surface area contributed by atoms with Crippen LogP contribution in [-0.2, 0) is 22.6 Å². The van der Waals surface area contributed by atoms with E-state index in [0.29, 0.717) is 52.8 Å². The molecule has 0 aromatic heterocycles. The molecule has 45 heavy (non-hydrogen) atoms. The Hall–Kier alpha value is -1.93. The lowest BCUT2D eigenvalue weighted by atomic mass is 9.97. The molecule has 2 fully saturated rings. The number of carbonyl (C=O) groups is 2. The van der Waals surface area contributed by atoms with Gasteiger partial charge in [0.15, 0.2) is 0 Å². The number of rotatable bonds is 14. The SMILES string of the molecule is O=C(CCc1cc(Cl)c(CN2CSC[C@H]2C(=O)N2CCN(C3CC3)c3ccccc32)cc1Cl)CC[C@H](O)[C@@H](O)[C@@H](O)[C@H](O)CO. The van der Waals surface area contributed by atoms with Gasteiger partial charge in [-0.05, 0) is 61.1 Å². The Morgan fingerprint density at radius 1 is 0.911 bits per heavy atom. The number of Topliss-reactive ketones (excluding diaryl/α,β-unsaturated/α-hetero) is 1. The van der Waals surface area contributed by atoms with Gasteiger partial charge in [0, 0.05) is 60.2 Å². The predicted octanol–water partition coefficient (Wildman–Crippen LogP) is 2.60. The van der Waals surface area contributed by atoms with Gasteiger partial charge in [-0.3, -0.25) is 14.5 Å². The van der Waals surface area contributed by atoms with E-state index in [1.165, 1.54) is 12.8 Å². The third-order valence-electron chi connectivity index (χ3n) is 8.87. The van der Waals surface area contributed by atoms with E-state index in [9.17, 15) is 30.0 Å². The lowest BCUT2D eigenvalue weighted by Gasteiger charge is -2.39. The number of halogens is 2. The van der Waals surface area contributed by atoms with Crippen LogP contribution in [0.5, 0.6) is 0 Å². The summed E-state index contributed by atoms with van der Waals surface area (Å²) in [6.07, 6.45) is -3.76. The van der Waals surface area contributed by atoms with Gasteiger partial charge in [0.1, 0.15) is 24.1 Å². The zero-order chi connectivity index (χ0) is 32.2. The van der Waals surface area contributed by atoms with E-state index in [1.807, 2.05) is 23.1 Å². The number of aliphatic hydroxyl groups excluding tert-OH is 5. The minimum atomic E-state index is -1.73. The summed E-state index contributed by atoms with van der Waals surface area (Å²) >= 11 is 15.0. The van der Waals surface area contributed by atoms with Crippen LogP contribution in [0.3, 0.4) is 0 Å². The van der Waals surface area contributed by atoms with Crippen molar-refractivity contribution in [3.05, 3.63) is 57.6 Å². The van der Waals surface area contributed by atoms with Gasteiger partial charge in [-0.1, -0.05) is 35.3 Å². The lowest BCUT2D eigenvalue weighted by molar-refractivity contribution is -0.125. The maximum atomic E-state index is 13.9. The fourth-order valence-corrected chi connectivity index (χ4v) is 7.74. The molecule has 5 atom stereocenters. The smallest absolute Gasteiger partial charge is 0.245 e. The first-order valence-electron chi connectivity index (χ1n) is 15.4. The number of hydrogen-bond donors (Lipinski definition) is 5. The average molecular weight is 683 g/mol. The number of hydrogen-bond acceptors (Lipinski definition) is 10. The molecule has 1 aliphatic carbocycles. The van der Waals surface area contributed by atoms with E-state index < -0.39 is 31.0 Å². The standard InChI is InChI=1S/C32H41Cl2N3O7S/c33-23-14-20(24(34)13-19(23)5-8-22(39)9-10-28(40)30(42)31(43)29(41)16-38)15-35-18-45-17-27(35)32(44)37-12-11-36(21-6-7-21)25-3-1-2-4-26(25)37/h1-4,13-14,21,27-31,38,40-43H,5-12,15-18H2/t27-,28-,29+,30+,31-/m0/s1. The molecule has 1 saturated carbocycles. The summed E-state index contributed by atoms with van der Waals surface area (Å²) in [7, 11) is 0. The van der Waals surface area contributed by atoms with Gasteiger partial charge in [-0.2, -0.15) is 0 Å². The van der Waals surface area contributed by atoms with E-state index in [2.05, 4.69) is 15.9 Å². The summed E-state index contributed by atoms with van der Waals surface area (Å²) in [4.78, 5) is 32.9. The van der Waals surface area contributed by atoms with Gasteiger partial charge in [0.25, 0.3) is 0 Å². The molecule has 2 aromatic carbocycles. The van der Waals surface area contributed by atoms with Gasteiger partial charge >= 0.3 is 0 Å². The van der Waals surface area contributed by atoms with Crippen LogP contribution in [-0.4, -0.2) is 110 Å². The molecular formula is C32H41Cl2N3O7S. The van der Waals surface area contributed by atoms with Crippen LogP contribution < -0.4 is 9.80 Å². The number of benzene rings is 2. The van der Waals surface area contributed by atoms with E-state index in [-0.39, 0.29) is 37.0 Å². The highest BCUT2D eigenvalue weighted by molar-refractivity contribution is 7.99. The molecule has 10 nitrogen and oxygen atoms in total. The number of amides is 1. The van der Waals surface area contributed by atoms with Crippen LogP contribution in [0.1, 0.15) is 43.2 Å². The van der Waals surface area contributed by atoms with E-state index in [0.717, 1.165) is 23.5 Å². The van der Waals surface area contributed by atoms with Crippen molar-refractivity contribution in [2.75, 3.05) is 41.1 Å². The molecule has 5 rings (SSSR count). The van der Waals surface area contributed by atoms with Crippen LogP contribution in [0.25, 0.3) is 0 Å². The van der Waals surface area contributed by atoms with Crippen molar-refractivity contribution in [1.82, 2.24) is 4.90 Å². The number of aliphatic hydroxyl groups is 5. The molecule has 0 spiro atoms. The molecule has 1 saturated heterocycles. The van der Waals surface area contributed by atoms with Crippen LogP contribution in [0.2, 0.25) is 10.0 Å². The topological polar surface area (TPSA) is 145 Å². The molecule has 0 radical (unpaired) electrons. The quantitative estimate of drug-likeness (QED) is 0.202. The van der Waals surface area contributed by atoms with Crippen molar-refractivity contribution in [2.45, 2.75) is 81.6 Å². The Bertz CT molecular complexity index is 1370. The first-order chi connectivity index (χ1) is 21.6. The predicted molar refractivity (Wildman–Crippen MR) is 176 cm³/mol. The summed E-state index contributed by atoms with van der Waals surface area (Å²) < 4.78 is 0. The highest BCUT2D eigenvalue weighted by Gasteiger charge is 2.40. The number of carbonyl (C=O) groups excluding carboxylic acids is 2. The highest BCUT2D eigenvalue weighted by atomic mass is 35.5. The number of para-hydroxylation sites is 2. The monoisotopic (exact) mass is 681 g/mol. The summed E-state index contributed by atoms with van der Waals surface area (Å²) in [5.74, 6) is 1.31. The Labute approximate surface area is 277 Å². The third kappa shape index (κ3) is 8.14. The molecule has 246 valence electrons. The zero-order valence-electron chi connectivity index (χ0n) is 25.0. The van der Waals surface area contributed by atoms with E-state index in [1.54, 1.807) is 23.9 Å². The summed E-state index contributed by atoms with van der Waals surface area (Å²) in [6, 6.07) is 12.0. The van der Waals surface area contributed by atoms with Crippen molar-refractivity contribution in [3.8, 4) is 0 Å². The largest absolute Gasteiger partial charge is 0.394 e. The molecular weight excluding hydrogens is 641 g/mol. The minimum absolute atomic E-state index is 0.0499. The normalized spacial score (nSPS) is 21.4. The fourth-order valence-electron chi connectivity index (χ4n) is 6.02. The number of ketones is 1. The van der Waals surface area contributed by atoms with Crippen LogP contribution in [0.4, 0.5) is 11.4 Å². The Balaban J connectivity index is 1.16. The van der Waals surface area contributed by atoms with Crippen molar-refractivity contribution in [1.29, 1.82) is 0 Å². The van der Waals surface area contributed by atoms with Crippen molar-refractivity contribution >= 4 is 58.0 Å². The molecule has 2 aliphatic heterocycles. The molecule has 5 N–H and O–H groups in total. The molecule has 2 aromatic rings. The fraction of sp³-hybridized carbons (Fsp3) is 0.562. The maximum absolute atomic E-state index is 13.9. The van der Waals surface area contributed by atoms with E-state index >= 15 is 0 Å². The van der Waals surface area contributed by atoms with Crippen LogP contribution in [0, 0.1) is 0 Å². The van der Waals surface area contributed by atoms with Gasteiger partial charge in [-0.25, -0.2) is 0 Å². The second-order valence-electron chi connectivity index (χ2n) is 12.1. The molecule has 2 heterocycles. The van der Waals surface area contributed by atoms with Gasteiger partial charge < -0.3 is 35.3 Å². The molecule has 3 aliphatic rings. The maximum Gasteiger partial charge on any atom is 0.245 e. The van der Waals surface area contributed by atoms with Crippen molar-refractivity contribution in [3.63, 3.8) is 0 Å². The van der Waals surface area contributed by atoms with Crippen LogP contribution in [0.15, 0.2) is 36.4 Å². The number of nitrogens with zero attached hydrogens (tertiary/aromatic N) is 3. The second-order valence-corrected chi connectivity index (χ2v) is 13.9. The Morgan fingerprint density at radius 3 is 2.29 bits per heavy atom. The first-order valence-corrected chi connectivity index (χ1v) is 17.3. The first kappa shape index (κ1) is 34.4. The average Bonchev–Trinajstić information content (AvgIpc) is 3.79. The zero-order valence-corrected chi connectivity index (χ0v) is 27.3. The summed E-state index contributed by atoms with van der Waals surface area (Å²) in [5.41, 5.74) is 3.61. The van der Waals surface area contributed by atoms with Gasteiger partial charge in [0.2, 0.25) is 5.91 Å². The molecule has 13 heteroatoms. The van der Waals surface area contributed by atoms with Gasteiger partial charge in [0.05, 0.1) is 30.1 Å². The van der Waals surface area contributed by atoms with Crippen molar-refractivity contribution < 1.29 is 35.1 Å². The Morgan fingerprint density at radius 2 is 1.58 bits per heavy atom. The van der Waals surface area contributed by atoms with Crippen molar-refractivity contribution in [2.24, 2.45) is 0 Å². The third-order valence-corrected chi connectivity index (χ3v) is 10.6. The lowest BCUT2D eigenvalue weighted by Crippen LogP contribution is -2.52. The second kappa shape index (κ2) is 15.3. The van der Waals surface area contributed by atoms with Gasteiger partial charge in [-0.15, -0.1) is 11.8 Å². The molecule has 0 unspecified atom stereocenters. The number of fused-ring (bicyclic) bond motifs is 1. The van der Waals surface area contributed by atoms with Crippen LogP contribution >= 0.6 is 35.0 Å². The number of anilines is 2. The summed E-state index contributed by atoms with van der Waals surface area (Å²) in [6.45, 7) is 1.19.